The summed E-state index contributed by atoms with van der Waals surface area (Å²) in [7, 11) is 1.40. The highest BCUT2D eigenvalue weighted by Crippen LogP contribution is 2.37. The molecule has 4 rings (SSSR count). The van der Waals surface area contributed by atoms with E-state index in [0.29, 0.717) is 6.04 Å². The van der Waals surface area contributed by atoms with E-state index in [2.05, 4.69) is 67.5 Å². The summed E-state index contributed by atoms with van der Waals surface area (Å²) in [5, 5.41) is 0. The Hall–Kier alpha value is -1.28. The molecule has 0 unspecified atom stereocenters. The summed E-state index contributed by atoms with van der Waals surface area (Å²) < 4.78 is 18.3. The van der Waals surface area contributed by atoms with E-state index in [9.17, 15) is 0 Å². The molecule has 0 amide bonds. The van der Waals surface area contributed by atoms with Gasteiger partial charge in [0.2, 0.25) is 0 Å². The van der Waals surface area contributed by atoms with Crippen molar-refractivity contribution in [3.05, 3.63) is 18.2 Å². The number of hydrogen-bond acceptors (Lipinski definition) is 6. The first-order chi connectivity index (χ1) is 14.7. The van der Waals surface area contributed by atoms with Crippen molar-refractivity contribution in [2.24, 2.45) is 0 Å². The van der Waals surface area contributed by atoms with Gasteiger partial charge in [-0.1, -0.05) is 13.0 Å². The molecule has 0 aromatic heterocycles. The van der Waals surface area contributed by atoms with Crippen LogP contribution in [0.25, 0.3) is 0 Å². The van der Waals surface area contributed by atoms with Gasteiger partial charge in [0.15, 0.2) is 0 Å². The zero-order chi connectivity index (χ0) is 22.2. The van der Waals surface area contributed by atoms with Gasteiger partial charge in [-0.3, -0.25) is 4.90 Å². The van der Waals surface area contributed by atoms with Crippen LogP contribution in [0.5, 0.6) is 5.75 Å². The first-order valence-electron chi connectivity index (χ1n) is 12.0. The number of hydrogen-bond donors (Lipinski definition) is 0. The third-order valence-corrected chi connectivity index (χ3v) is 7.90. The van der Waals surface area contributed by atoms with Gasteiger partial charge in [0.05, 0.1) is 24.0 Å². The first kappa shape index (κ1) is 22.9. The molecule has 3 fully saturated rings. The summed E-state index contributed by atoms with van der Waals surface area (Å²) >= 11 is 0. The van der Waals surface area contributed by atoms with Gasteiger partial charge in [0, 0.05) is 45.3 Å². The maximum absolute atomic E-state index is 6.23. The van der Waals surface area contributed by atoms with Crippen LogP contribution in [0.3, 0.4) is 0 Å². The quantitative estimate of drug-likeness (QED) is 0.670. The SMILES string of the molecule is CCN1CCN(C2CCN(c3ccc(B4OC(C)(C)C(C)(C)O4)cc3OC)CC2)CC1. The number of rotatable bonds is 5. The summed E-state index contributed by atoms with van der Waals surface area (Å²) in [5.74, 6) is 0.905. The predicted octanol–water partition coefficient (Wildman–Crippen LogP) is 2.60. The standard InChI is InChI=1S/C24H40BN3O3/c1-7-26-14-16-27(17-15-26)20-10-12-28(13-11-20)21-9-8-19(18-22(21)29-6)25-30-23(2,3)24(4,5)31-25/h8-9,18,20H,7,10-17H2,1-6H3. The second kappa shape index (κ2) is 8.93. The number of nitrogens with zero attached hydrogens (tertiary/aromatic N) is 3. The molecule has 3 aliphatic heterocycles. The minimum Gasteiger partial charge on any atom is -0.495 e. The number of methoxy groups -OCH3 is 1. The van der Waals surface area contributed by atoms with Crippen LogP contribution in [-0.2, 0) is 9.31 Å². The lowest BCUT2D eigenvalue weighted by Gasteiger charge is -2.43. The van der Waals surface area contributed by atoms with Crippen LogP contribution in [0, 0.1) is 0 Å². The Morgan fingerprint density at radius 3 is 2.13 bits per heavy atom. The van der Waals surface area contributed by atoms with Gasteiger partial charge in [-0.25, -0.2) is 0 Å². The van der Waals surface area contributed by atoms with Gasteiger partial charge >= 0.3 is 7.12 Å². The molecule has 3 saturated heterocycles. The highest BCUT2D eigenvalue weighted by molar-refractivity contribution is 6.62. The topological polar surface area (TPSA) is 37.4 Å². The average Bonchev–Trinajstić information content (AvgIpc) is 3.00. The fraction of sp³-hybridized carbons (Fsp3) is 0.750. The largest absolute Gasteiger partial charge is 0.495 e. The summed E-state index contributed by atoms with van der Waals surface area (Å²) in [6.07, 6.45) is 2.43. The summed E-state index contributed by atoms with van der Waals surface area (Å²) in [6.45, 7) is 18.8. The Morgan fingerprint density at radius 1 is 0.968 bits per heavy atom. The molecule has 3 heterocycles. The molecule has 3 aliphatic rings. The Labute approximate surface area is 188 Å². The molecule has 1 aromatic carbocycles. The summed E-state index contributed by atoms with van der Waals surface area (Å²) in [4.78, 5) is 7.74. The number of piperazine rings is 1. The molecule has 0 saturated carbocycles. The third kappa shape index (κ3) is 4.61. The van der Waals surface area contributed by atoms with Crippen LogP contribution in [0.4, 0.5) is 5.69 Å². The van der Waals surface area contributed by atoms with Crippen molar-refractivity contribution in [1.82, 2.24) is 9.80 Å². The Kier molecular flexibility index (Phi) is 6.60. The lowest BCUT2D eigenvalue weighted by molar-refractivity contribution is 0.00578. The molecule has 7 heteroatoms. The van der Waals surface area contributed by atoms with Crippen LogP contribution in [0.2, 0.25) is 0 Å². The van der Waals surface area contributed by atoms with Gasteiger partial charge in [0.1, 0.15) is 5.75 Å². The van der Waals surface area contributed by atoms with Gasteiger partial charge in [0.25, 0.3) is 0 Å². The molecular formula is C24H40BN3O3. The molecule has 0 bridgehead atoms. The van der Waals surface area contributed by atoms with E-state index in [4.69, 9.17) is 14.0 Å². The van der Waals surface area contributed by atoms with Crippen molar-refractivity contribution in [3.8, 4) is 5.75 Å². The molecular weight excluding hydrogens is 389 g/mol. The molecule has 0 spiro atoms. The number of anilines is 1. The Morgan fingerprint density at radius 2 is 1.58 bits per heavy atom. The fourth-order valence-electron chi connectivity index (χ4n) is 5.00. The molecule has 1 aromatic rings. The fourth-order valence-corrected chi connectivity index (χ4v) is 5.00. The van der Waals surface area contributed by atoms with E-state index in [1.165, 1.54) is 51.3 Å². The molecule has 0 aliphatic carbocycles. The predicted molar refractivity (Wildman–Crippen MR) is 128 cm³/mol. The second-order valence-electron chi connectivity index (χ2n) is 10.2. The van der Waals surface area contributed by atoms with Gasteiger partial charge in [-0.05, 0) is 64.7 Å². The second-order valence-corrected chi connectivity index (χ2v) is 10.2. The number of ether oxygens (including phenoxy) is 1. The molecule has 0 atom stereocenters. The first-order valence-corrected chi connectivity index (χ1v) is 12.0. The molecule has 172 valence electrons. The maximum atomic E-state index is 6.23. The van der Waals surface area contributed by atoms with E-state index in [1.54, 1.807) is 7.11 Å². The van der Waals surface area contributed by atoms with Crippen LogP contribution in [-0.4, -0.2) is 87.1 Å². The minimum atomic E-state index is -0.361. The lowest BCUT2D eigenvalue weighted by Crippen LogP contribution is -2.53. The molecule has 0 N–H and O–H groups in total. The highest BCUT2D eigenvalue weighted by atomic mass is 16.7. The van der Waals surface area contributed by atoms with Crippen molar-refractivity contribution in [2.45, 2.75) is 64.7 Å². The minimum absolute atomic E-state index is 0.339. The molecule has 0 radical (unpaired) electrons. The molecule has 31 heavy (non-hydrogen) atoms. The van der Waals surface area contributed by atoms with Crippen LogP contribution in [0.1, 0.15) is 47.5 Å². The van der Waals surface area contributed by atoms with Crippen LogP contribution >= 0.6 is 0 Å². The molecule has 6 nitrogen and oxygen atoms in total. The number of likely N-dealkylation sites (N-methyl/N-ethyl adjacent to an activating group) is 1. The highest BCUT2D eigenvalue weighted by Gasteiger charge is 2.51. The zero-order valence-corrected chi connectivity index (χ0v) is 20.3. The van der Waals surface area contributed by atoms with Crippen molar-refractivity contribution in [1.29, 1.82) is 0 Å². The van der Waals surface area contributed by atoms with E-state index >= 15 is 0 Å². The van der Waals surface area contributed by atoms with Crippen LogP contribution in [0.15, 0.2) is 18.2 Å². The van der Waals surface area contributed by atoms with Crippen molar-refractivity contribution < 1.29 is 14.0 Å². The normalized spacial score (nSPS) is 25.2. The summed E-state index contributed by atoms with van der Waals surface area (Å²) in [5.41, 5.74) is 1.52. The monoisotopic (exact) mass is 429 g/mol. The van der Waals surface area contributed by atoms with Crippen molar-refractivity contribution in [2.75, 3.05) is 57.8 Å². The van der Waals surface area contributed by atoms with E-state index in [-0.39, 0.29) is 18.3 Å². The third-order valence-electron chi connectivity index (χ3n) is 7.90. The van der Waals surface area contributed by atoms with Gasteiger partial charge < -0.3 is 23.8 Å². The van der Waals surface area contributed by atoms with E-state index in [1.807, 2.05) is 0 Å². The van der Waals surface area contributed by atoms with Gasteiger partial charge in [-0.15, -0.1) is 0 Å². The van der Waals surface area contributed by atoms with Crippen molar-refractivity contribution >= 4 is 18.3 Å². The zero-order valence-electron chi connectivity index (χ0n) is 20.3. The Balaban J connectivity index is 1.39. The van der Waals surface area contributed by atoms with E-state index < -0.39 is 0 Å². The van der Waals surface area contributed by atoms with Gasteiger partial charge in [-0.2, -0.15) is 0 Å². The average molecular weight is 429 g/mol. The Bertz CT molecular complexity index is 740. The summed E-state index contributed by atoms with van der Waals surface area (Å²) in [6, 6.07) is 7.12. The maximum Gasteiger partial charge on any atom is 0.494 e. The lowest BCUT2D eigenvalue weighted by atomic mass is 9.79. The van der Waals surface area contributed by atoms with Crippen LogP contribution < -0.4 is 15.1 Å². The van der Waals surface area contributed by atoms with Crippen molar-refractivity contribution in [3.63, 3.8) is 0 Å². The van der Waals surface area contributed by atoms with E-state index in [0.717, 1.165) is 24.3 Å². The number of benzene rings is 1. The smallest absolute Gasteiger partial charge is 0.494 e. The number of piperidine rings is 1.